The molecular formula is C10H8O2. The number of para-hydroxylation sites is 1. The van der Waals surface area contributed by atoms with Crippen molar-refractivity contribution in [1.29, 1.82) is 0 Å². The Kier molecular flexibility index (Phi) is 0.980. The molecule has 3 unspecified atom stereocenters. The number of benzene rings is 1. The third-order valence-electron chi connectivity index (χ3n) is 2.71. The standard InChI is InChI=1S/C10H8O2/c11-5-7-9-6-3-1-2-4-8(6)12-10(7)9/h1-5,7,9-10H. The lowest BCUT2D eigenvalue weighted by Gasteiger charge is -2.02. The second kappa shape index (κ2) is 1.89. The molecule has 0 bridgehead atoms. The highest BCUT2D eigenvalue weighted by molar-refractivity contribution is 5.67. The van der Waals surface area contributed by atoms with Crippen molar-refractivity contribution in [2.24, 2.45) is 5.92 Å². The summed E-state index contributed by atoms with van der Waals surface area (Å²) in [5.41, 5.74) is 1.21. The summed E-state index contributed by atoms with van der Waals surface area (Å²) >= 11 is 0. The molecular weight excluding hydrogens is 152 g/mol. The molecule has 0 radical (unpaired) electrons. The molecule has 0 spiro atoms. The summed E-state index contributed by atoms with van der Waals surface area (Å²) in [6.45, 7) is 0. The number of rotatable bonds is 1. The maximum absolute atomic E-state index is 10.5. The number of carbonyl (C=O) groups is 1. The third-order valence-corrected chi connectivity index (χ3v) is 2.71. The molecule has 2 heteroatoms. The van der Waals surface area contributed by atoms with E-state index in [-0.39, 0.29) is 12.0 Å². The van der Waals surface area contributed by atoms with Crippen LogP contribution in [0, 0.1) is 5.92 Å². The molecule has 1 aromatic rings. The monoisotopic (exact) mass is 160 g/mol. The SMILES string of the molecule is O=CC1C2Oc3ccccc3C12. The molecule has 3 atom stereocenters. The number of hydrogen-bond donors (Lipinski definition) is 0. The largest absolute Gasteiger partial charge is 0.489 e. The number of ether oxygens (including phenoxy) is 1. The lowest BCUT2D eigenvalue weighted by Crippen LogP contribution is -1.99. The molecule has 0 saturated heterocycles. The minimum atomic E-state index is 0.125. The van der Waals surface area contributed by atoms with E-state index < -0.39 is 0 Å². The van der Waals surface area contributed by atoms with Crippen molar-refractivity contribution in [3.05, 3.63) is 29.8 Å². The van der Waals surface area contributed by atoms with Crippen molar-refractivity contribution in [3.63, 3.8) is 0 Å². The first kappa shape index (κ1) is 6.23. The molecule has 1 aromatic carbocycles. The zero-order valence-electron chi connectivity index (χ0n) is 6.44. The van der Waals surface area contributed by atoms with Gasteiger partial charge in [-0.15, -0.1) is 0 Å². The van der Waals surface area contributed by atoms with E-state index in [1.165, 1.54) is 5.56 Å². The lowest BCUT2D eigenvalue weighted by molar-refractivity contribution is -0.109. The minimum absolute atomic E-state index is 0.125. The van der Waals surface area contributed by atoms with Gasteiger partial charge >= 0.3 is 0 Å². The van der Waals surface area contributed by atoms with Crippen LogP contribution < -0.4 is 4.74 Å². The first-order chi connectivity index (χ1) is 5.92. The average Bonchev–Trinajstić information content (AvgIpc) is 2.68. The molecule has 1 saturated carbocycles. The molecule has 12 heavy (non-hydrogen) atoms. The Hall–Kier alpha value is -1.31. The van der Waals surface area contributed by atoms with Crippen LogP contribution in [0.3, 0.4) is 0 Å². The second-order valence-corrected chi connectivity index (χ2v) is 3.36. The summed E-state index contributed by atoms with van der Waals surface area (Å²) in [4.78, 5) is 10.5. The van der Waals surface area contributed by atoms with Crippen LogP contribution in [0.5, 0.6) is 5.75 Å². The molecule has 3 rings (SSSR count). The van der Waals surface area contributed by atoms with Crippen molar-refractivity contribution in [2.45, 2.75) is 12.0 Å². The Morgan fingerprint density at radius 2 is 2.17 bits per heavy atom. The average molecular weight is 160 g/mol. The van der Waals surface area contributed by atoms with Crippen LogP contribution in [0.15, 0.2) is 24.3 Å². The van der Waals surface area contributed by atoms with Crippen LogP contribution in [-0.4, -0.2) is 12.4 Å². The summed E-state index contributed by atoms with van der Waals surface area (Å²) in [6, 6.07) is 7.96. The van der Waals surface area contributed by atoms with Crippen molar-refractivity contribution in [3.8, 4) is 5.75 Å². The molecule has 60 valence electrons. The normalized spacial score (nSPS) is 34.8. The number of carbonyl (C=O) groups excluding carboxylic acids is 1. The molecule has 0 aromatic heterocycles. The molecule has 1 heterocycles. The summed E-state index contributed by atoms with van der Waals surface area (Å²) in [5, 5.41) is 0. The van der Waals surface area contributed by atoms with E-state index >= 15 is 0 Å². The van der Waals surface area contributed by atoms with E-state index in [0.29, 0.717) is 5.92 Å². The Labute approximate surface area is 70.2 Å². The first-order valence-electron chi connectivity index (χ1n) is 4.12. The van der Waals surface area contributed by atoms with Gasteiger partial charge in [-0.25, -0.2) is 0 Å². The molecule has 1 fully saturated rings. The minimum Gasteiger partial charge on any atom is -0.489 e. The van der Waals surface area contributed by atoms with Gasteiger partial charge in [0, 0.05) is 11.5 Å². The predicted octanol–water partition coefficient (Wildman–Crippen LogP) is 1.36. The van der Waals surface area contributed by atoms with Crippen molar-refractivity contribution >= 4 is 6.29 Å². The van der Waals surface area contributed by atoms with E-state index in [9.17, 15) is 4.79 Å². The van der Waals surface area contributed by atoms with E-state index in [1.807, 2.05) is 24.3 Å². The second-order valence-electron chi connectivity index (χ2n) is 3.36. The van der Waals surface area contributed by atoms with Crippen molar-refractivity contribution in [2.75, 3.05) is 0 Å². The van der Waals surface area contributed by atoms with Crippen LogP contribution in [0.2, 0.25) is 0 Å². The number of fused-ring (bicyclic) bond motifs is 3. The van der Waals surface area contributed by atoms with E-state index in [0.717, 1.165) is 12.0 Å². The van der Waals surface area contributed by atoms with Gasteiger partial charge in [-0.1, -0.05) is 18.2 Å². The van der Waals surface area contributed by atoms with Crippen LogP contribution >= 0.6 is 0 Å². The Morgan fingerprint density at radius 3 is 3.00 bits per heavy atom. The highest BCUT2D eigenvalue weighted by atomic mass is 16.5. The first-order valence-corrected chi connectivity index (χ1v) is 4.12. The fourth-order valence-electron chi connectivity index (χ4n) is 2.01. The van der Waals surface area contributed by atoms with Gasteiger partial charge in [-0.3, -0.25) is 0 Å². The van der Waals surface area contributed by atoms with E-state index in [1.54, 1.807) is 0 Å². The van der Waals surface area contributed by atoms with Gasteiger partial charge in [0.15, 0.2) is 0 Å². The number of hydrogen-bond acceptors (Lipinski definition) is 2. The van der Waals surface area contributed by atoms with Crippen molar-refractivity contribution < 1.29 is 9.53 Å². The van der Waals surface area contributed by atoms with Gasteiger partial charge in [0.05, 0.1) is 5.92 Å². The van der Waals surface area contributed by atoms with Gasteiger partial charge in [-0.05, 0) is 6.07 Å². The van der Waals surface area contributed by atoms with Gasteiger partial charge in [0.2, 0.25) is 0 Å². The molecule has 1 aliphatic carbocycles. The highest BCUT2D eigenvalue weighted by Gasteiger charge is 2.58. The molecule has 2 nitrogen and oxygen atoms in total. The van der Waals surface area contributed by atoms with Crippen molar-refractivity contribution in [1.82, 2.24) is 0 Å². The molecule has 0 amide bonds. The van der Waals surface area contributed by atoms with E-state index in [2.05, 4.69) is 0 Å². The third kappa shape index (κ3) is 0.583. The van der Waals surface area contributed by atoms with Crippen LogP contribution in [0.25, 0.3) is 0 Å². The smallest absolute Gasteiger partial charge is 0.127 e. The Bertz CT molecular complexity index is 345. The highest BCUT2D eigenvalue weighted by Crippen LogP contribution is 2.56. The summed E-state index contributed by atoms with van der Waals surface area (Å²) in [5.74, 6) is 1.45. The van der Waals surface area contributed by atoms with Crippen LogP contribution in [0.1, 0.15) is 11.5 Å². The summed E-state index contributed by atoms with van der Waals surface area (Å²) in [6.07, 6.45) is 1.16. The topological polar surface area (TPSA) is 26.3 Å². The Morgan fingerprint density at radius 1 is 1.33 bits per heavy atom. The summed E-state index contributed by atoms with van der Waals surface area (Å²) < 4.78 is 5.55. The van der Waals surface area contributed by atoms with Gasteiger partial charge in [0.1, 0.15) is 18.1 Å². The summed E-state index contributed by atoms with van der Waals surface area (Å²) in [7, 11) is 0. The predicted molar refractivity (Wildman–Crippen MR) is 43.2 cm³/mol. The van der Waals surface area contributed by atoms with E-state index in [4.69, 9.17) is 4.74 Å². The quantitative estimate of drug-likeness (QED) is 0.580. The molecule has 2 aliphatic rings. The zero-order valence-corrected chi connectivity index (χ0v) is 6.44. The lowest BCUT2D eigenvalue weighted by atomic mass is 10.1. The molecule has 1 aliphatic heterocycles. The zero-order chi connectivity index (χ0) is 8.13. The fourth-order valence-corrected chi connectivity index (χ4v) is 2.01. The maximum atomic E-state index is 10.5. The maximum Gasteiger partial charge on any atom is 0.127 e. The van der Waals surface area contributed by atoms with Gasteiger partial charge < -0.3 is 9.53 Å². The van der Waals surface area contributed by atoms with Crippen LogP contribution in [0.4, 0.5) is 0 Å². The van der Waals surface area contributed by atoms with Gasteiger partial charge in [0.25, 0.3) is 0 Å². The Balaban J connectivity index is 2.05. The van der Waals surface area contributed by atoms with Crippen LogP contribution in [-0.2, 0) is 4.79 Å². The molecule has 0 N–H and O–H groups in total. The van der Waals surface area contributed by atoms with Gasteiger partial charge in [-0.2, -0.15) is 0 Å². The fraction of sp³-hybridized carbons (Fsp3) is 0.300. The number of aldehydes is 1.